The monoisotopic (exact) mass is 777 g/mol. The second-order valence-electron chi connectivity index (χ2n) is 8.16. The smallest absolute Gasteiger partial charge is 0.223 e. The highest BCUT2D eigenvalue weighted by Crippen LogP contribution is 2.46. The molecule has 0 saturated heterocycles. The fourth-order valence-electron chi connectivity index (χ4n) is 4.08. The highest BCUT2D eigenvalue weighted by Gasteiger charge is 2.30. The molecule has 0 amide bonds. The summed E-state index contributed by atoms with van der Waals surface area (Å²) in [7, 11) is -10.5. The number of aromatic hydroxyl groups is 1. The van der Waals surface area contributed by atoms with Crippen LogP contribution in [0.5, 0.6) is 5.75 Å². The number of nitrogens with two attached hydrogens (primary N) is 2. The van der Waals surface area contributed by atoms with Crippen molar-refractivity contribution in [2.24, 2.45) is 0 Å². The van der Waals surface area contributed by atoms with E-state index in [9.17, 15) is 28.4 Å². The van der Waals surface area contributed by atoms with Gasteiger partial charge in [-0.25, -0.2) is 24.2 Å². The number of phenols is 1. The maximum absolute atomic E-state index is 13.4. The van der Waals surface area contributed by atoms with Gasteiger partial charge in [0.15, 0.2) is 5.75 Å². The first-order valence-electron chi connectivity index (χ1n) is 10.6. The Balaban J connectivity index is 2.12. The van der Waals surface area contributed by atoms with Crippen LogP contribution in [0.1, 0.15) is 0 Å². The molecule has 3 aromatic carbocycles. The van der Waals surface area contributed by atoms with Crippen molar-refractivity contribution < 1.29 is 47.3 Å². The van der Waals surface area contributed by atoms with E-state index in [4.69, 9.17) is 66.4 Å². The molecular formula is C18H11N5O12S9. The maximum atomic E-state index is 13.4. The van der Waals surface area contributed by atoms with Crippen molar-refractivity contribution in [2.75, 3.05) is 11.5 Å². The average molecular weight is 778 g/mol. The average Bonchev–Trinajstić information content (AvgIpc) is 2.98. The first-order valence-corrected chi connectivity index (χ1v) is 19.9. The van der Waals surface area contributed by atoms with Gasteiger partial charge in [-0.05, 0) is 11.2 Å². The summed E-state index contributed by atoms with van der Waals surface area (Å²) in [6, 6.07) is 0. The van der Waals surface area contributed by atoms with Crippen LogP contribution in [0, 0.1) is 10.8 Å². The van der Waals surface area contributed by atoms with Crippen molar-refractivity contribution >= 4 is 145 Å². The molecule has 0 radical (unpaired) electrons. The van der Waals surface area contributed by atoms with Gasteiger partial charge in [-0.15, -0.1) is 47.0 Å². The Hall–Kier alpha value is -2.25. The molecule has 44 heavy (non-hydrogen) atoms. The Bertz CT molecular complexity index is 2610. The number of hydrogen-bond acceptors (Lipinski definition) is 22. The van der Waals surface area contributed by atoms with Crippen LogP contribution in [0.3, 0.4) is 0 Å². The molecule has 0 aliphatic carbocycles. The van der Waals surface area contributed by atoms with Gasteiger partial charge < -0.3 is 21.6 Å². The Morgan fingerprint density at radius 1 is 0.773 bits per heavy atom. The van der Waals surface area contributed by atoms with Gasteiger partial charge in [0, 0.05) is 22.4 Å². The summed E-state index contributed by atoms with van der Waals surface area (Å²) in [5.41, 5.74) is 8.83. The SMILES string of the molecule is N=c1c(S(=O)(=S)OO)c(N)c2sc3c(sc2c1=O)c(=O)c(=N)c1sc2c(S(=S)OOO)c(O)c(N)c(S(=O)(=S)OO)c2[nH]c13. The van der Waals surface area contributed by atoms with Gasteiger partial charge in [-0.2, -0.15) is 0 Å². The quantitative estimate of drug-likeness (QED) is 0.0280. The van der Waals surface area contributed by atoms with Crippen molar-refractivity contribution in [3.63, 3.8) is 0 Å². The van der Waals surface area contributed by atoms with Crippen LogP contribution in [0.25, 0.3) is 39.2 Å². The predicted octanol–water partition coefficient (Wildman–Crippen LogP) is 1.16. The zero-order valence-electron chi connectivity index (χ0n) is 20.4. The van der Waals surface area contributed by atoms with Crippen LogP contribution in [0.2, 0.25) is 0 Å². The Morgan fingerprint density at radius 2 is 1.30 bits per heavy atom. The van der Waals surface area contributed by atoms with Crippen molar-refractivity contribution in [3.05, 3.63) is 31.2 Å². The molecule has 0 bridgehead atoms. The number of nitrogen functional groups attached to an aromatic ring is 2. The van der Waals surface area contributed by atoms with Crippen molar-refractivity contribution in [3.8, 4) is 5.75 Å². The molecule has 5 aromatic rings. The largest absolute Gasteiger partial charge is 0.504 e. The predicted molar refractivity (Wildman–Crippen MR) is 172 cm³/mol. The molecule has 3 atom stereocenters. The topological polar surface area (TPSA) is 302 Å². The molecular weight excluding hydrogens is 767 g/mol. The lowest BCUT2D eigenvalue weighted by Gasteiger charge is -2.17. The van der Waals surface area contributed by atoms with Crippen LogP contribution in [-0.2, 0) is 78.9 Å². The summed E-state index contributed by atoms with van der Waals surface area (Å²) in [6.45, 7) is 0. The lowest BCUT2D eigenvalue weighted by Crippen LogP contribution is -2.31. The fourth-order valence-corrected chi connectivity index (χ4v) is 12.3. The summed E-state index contributed by atoms with van der Waals surface area (Å²) in [5.74, 6) is -0.847. The number of phenolic OH excluding ortho intramolecular Hbond substituents is 1. The lowest BCUT2D eigenvalue weighted by atomic mass is 10.2. The van der Waals surface area contributed by atoms with E-state index in [1.54, 1.807) is 0 Å². The summed E-state index contributed by atoms with van der Waals surface area (Å²) in [6.07, 6.45) is 0. The molecule has 26 heteroatoms. The van der Waals surface area contributed by atoms with E-state index < -0.39 is 75.8 Å². The third-order valence-corrected chi connectivity index (χ3v) is 15.1. The summed E-state index contributed by atoms with van der Waals surface area (Å²) in [4.78, 5) is 27.7. The first-order chi connectivity index (χ1) is 20.5. The van der Waals surface area contributed by atoms with Gasteiger partial charge in [0.2, 0.25) is 28.4 Å². The molecule has 0 saturated carbocycles. The number of fused-ring (bicyclic) bond motifs is 5. The Kier molecular flexibility index (Phi) is 8.67. The number of nitrogens with one attached hydrogen (secondary N) is 3. The molecule has 3 unspecified atom stereocenters. The molecule has 0 fully saturated rings. The number of aromatic nitrogens is 1. The highest BCUT2D eigenvalue weighted by atomic mass is 32.8. The number of benzene rings is 3. The second-order valence-corrected chi connectivity index (χ2v) is 18.7. The van der Waals surface area contributed by atoms with Gasteiger partial charge in [-0.3, -0.25) is 20.4 Å². The van der Waals surface area contributed by atoms with Crippen molar-refractivity contribution in [1.29, 1.82) is 10.8 Å². The molecule has 0 aliphatic rings. The van der Waals surface area contributed by atoms with E-state index in [0.29, 0.717) is 34.0 Å². The number of aromatic amines is 1. The van der Waals surface area contributed by atoms with E-state index in [-0.39, 0.29) is 44.1 Å². The third kappa shape index (κ3) is 4.87. The summed E-state index contributed by atoms with van der Waals surface area (Å²) >= 11 is 16.6. The van der Waals surface area contributed by atoms with Crippen molar-refractivity contribution in [2.45, 2.75) is 14.7 Å². The number of rotatable bonds is 7. The van der Waals surface area contributed by atoms with Gasteiger partial charge in [0.25, 0.3) is 0 Å². The molecule has 2 heterocycles. The van der Waals surface area contributed by atoms with Crippen LogP contribution >= 0.6 is 34.0 Å². The van der Waals surface area contributed by atoms with E-state index in [1.165, 1.54) is 0 Å². The van der Waals surface area contributed by atoms with E-state index in [0.717, 1.165) is 0 Å². The van der Waals surface area contributed by atoms with Gasteiger partial charge in [0.1, 0.15) is 25.4 Å². The van der Waals surface area contributed by atoms with E-state index in [1.807, 2.05) is 0 Å². The molecule has 2 aromatic heterocycles. The second kappa shape index (κ2) is 11.5. The minimum Gasteiger partial charge on any atom is -0.504 e. The molecule has 5 rings (SSSR count). The molecule has 17 nitrogen and oxygen atoms in total. The Morgan fingerprint density at radius 3 is 1.89 bits per heavy atom. The fraction of sp³-hybridized carbons (Fsp3) is 0. The van der Waals surface area contributed by atoms with Crippen molar-refractivity contribution in [1.82, 2.24) is 4.98 Å². The molecule has 11 N–H and O–H groups in total. The van der Waals surface area contributed by atoms with Gasteiger partial charge in [-0.1, -0.05) is 5.04 Å². The minimum absolute atomic E-state index is 0.0273. The van der Waals surface area contributed by atoms with Crippen LogP contribution in [0.4, 0.5) is 11.4 Å². The molecule has 0 spiro atoms. The zero-order valence-corrected chi connectivity index (χ0v) is 27.7. The maximum Gasteiger partial charge on any atom is 0.223 e. The lowest BCUT2D eigenvalue weighted by molar-refractivity contribution is -0.433. The van der Waals surface area contributed by atoms with E-state index in [2.05, 4.69) is 23.0 Å². The molecule has 0 aliphatic heterocycles. The first kappa shape index (κ1) is 33.1. The van der Waals surface area contributed by atoms with Crippen LogP contribution < -0.4 is 33.0 Å². The Labute approximate surface area is 269 Å². The van der Waals surface area contributed by atoms with Gasteiger partial charge in [0.05, 0.1) is 60.3 Å². The van der Waals surface area contributed by atoms with Crippen LogP contribution in [-0.4, -0.2) is 34.3 Å². The summed E-state index contributed by atoms with van der Waals surface area (Å²) < 4.78 is 37.4. The normalized spacial score (nSPS) is 15.5. The van der Waals surface area contributed by atoms with Crippen LogP contribution in [0.15, 0.2) is 24.3 Å². The zero-order chi connectivity index (χ0) is 32.6. The van der Waals surface area contributed by atoms with E-state index >= 15 is 0 Å². The number of H-pyrrole nitrogens is 1. The number of hydrogen-bond donors (Lipinski definition) is 9. The van der Waals surface area contributed by atoms with Gasteiger partial charge >= 0.3 is 0 Å². The highest BCUT2D eigenvalue weighted by molar-refractivity contribution is 8.30. The minimum atomic E-state index is -4.29. The number of anilines is 2. The third-order valence-electron chi connectivity index (χ3n) is 5.87. The standard InChI is InChI=1S/C18H11N5O12S9/c19-1-7(24)15-12(40-11-4(22)17(43(30,37)33-28)2(20)8(25)14(11)41-15)5-10(1)39-13-6(23-5)18(44(31,38)34-29)3(21)9(26)16(13)42(36)35-32-27/h19-20,23,26-29H,21-22H2. The molecule has 234 valence electrons. The summed E-state index contributed by atoms with van der Waals surface area (Å²) in [5, 5.41) is 56.9.